The van der Waals surface area contributed by atoms with E-state index >= 15 is 0 Å². The molecule has 2 aliphatic rings. The van der Waals surface area contributed by atoms with Crippen LogP contribution >= 0.6 is 0 Å². The Kier molecular flexibility index (Phi) is 6.36. The molecule has 9 aromatic rings. The van der Waals surface area contributed by atoms with E-state index in [-0.39, 0.29) is 0 Å². The molecule has 0 amide bonds. The van der Waals surface area contributed by atoms with E-state index in [9.17, 15) is 0 Å². The fraction of sp³-hybridized carbons (Fsp3) is 0.0213. The molecule has 0 unspecified atom stereocenters. The maximum Gasteiger partial charge on any atom is 0.304 e. The van der Waals surface area contributed by atoms with Crippen LogP contribution in [0.3, 0.4) is 0 Å². The first-order valence-corrected chi connectivity index (χ1v) is 17.7. The quantitative estimate of drug-likeness (QED) is 0.185. The third-order valence-electron chi connectivity index (χ3n) is 10.5. The lowest BCUT2D eigenvalue weighted by atomic mass is 9.78. The molecule has 1 aliphatic heterocycles. The normalized spacial score (nSPS) is 13.2. The number of ether oxygens (including phenoxy) is 1. The molecule has 0 fully saturated rings. The molecule has 0 radical (unpaired) electrons. The van der Waals surface area contributed by atoms with Gasteiger partial charge in [-0.3, -0.25) is 4.57 Å². The van der Waals surface area contributed by atoms with Crippen LogP contribution in [0.1, 0.15) is 16.7 Å². The minimum absolute atomic E-state index is 0.582. The Morgan fingerprint density at radius 2 is 0.925 bits per heavy atom. The molecule has 0 atom stereocenters. The maximum absolute atomic E-state index is 6.70. The summed E-state index contributed by atoms with van der Waals surface area (Å²) in [6.07, 6.45) is 0. The first-order valence-electron chi connectivity index (χ1n) is 17.7. The van der Waals surface area contributed by atoms with Gasteiger partial charge in [0.15, 0.2) is 17.5 Å². The fourth-order valence-electron chi connectivity index (χ4n) is 8.22. The van der Waals surface area contributed by atoms with Crippen LogP contribution in [0.2, 0.25) is 0 Å². The lowest BCUT2D eigenvalue weighted by Gasteiger charge is -2.40. The van der Waals surface area contributed by atoms with Crippen molar-refractivity contribution in [2.45, 2.75) is 5.54 Å². The van der Waals surface area contributed by atoms with Crippen molar-refractivity contribution in [2.75, 3.05) is 0 Å². The van der Waals surface area contributed by atoms with Crippen LogP contribution in [0.15, 0.2) is 176 Å². The number of nitrogens with zero attached hydrogens (tertiary/aromatic N) is 5. The van der Waals surface area contributed by atoms with Crippen LogP contribution in [0.25, 0.3) is 67.5 Å². The van der Waals surface area contributed by atoms with Crippen molar-refractivity contribution in [3.63, 3.8) is 0 Å². The number of fused-ring (bicyclic) bond motifs is 11. The van der Waals surface area contributed by atoms with E-state index in [1.54, 1.807) is 0 Å². The van der Waals surface area contributed by atoms with E-state index in [1.807, 2.05) is 66.7 Å². The zero-order chi connectivity index (χ0) is 34.9. The predicted octanol–water partition coefficient (Wildman–Crippen LogP) is 10.8. The second-order valence-corrected chi connectivity index (χ2v) is 13.5. The third-order valence-corrected chi connectivity index (χ3v) is 10.5. The van der Waals surface area contributed by atoms with Gasteiger partial charge in [0, 0.05) is 22.3 Å². The van der Waals surface area contributed by atoms with E-state index in [2.05, 4.69) is 114 Å². The number of hydrogen-bond donors (Lipinski definition) is 0. The zero-order valence-corrected chi connectivity index (χ0v) is 28.4. The molecular formula is C47H29N5O. The largest absolute Gasteiger partial charge is 0.425 e. The van der Waals surface area contributed by atoms with Crippen molar-refractivity contribution in [3.05, 3.63) is 193 Å². The topological polar surface area (TPSA) is 65.7 Å². The second kappa shape index (κ2) is 11.4. The summed E-state index contributed by atoms with van der Waals surface area (Å²) in [6.45, 7) is 0. The fourth-order valence-corrected chi connectivity index (χ4v) is 8.22. The van der Waals surface area contributed by atoms with Crippen LogP contribution in [0.4, 0.5) is 0 Å². The molecule has 0 saturated carbocycles. The number of para-hydroxylation sites is 2. The van der Waals surface area contributed by atoms with Crippen molar-refractivity contribution in [1.29, 1.82) is 0 Å². The van der Waals surface area contributed by atoms with Gasteiger partial charge in [0.1, 0.15) is 11.3 Å². The highest BCUT2D eigenvalue weighted by atomic mass is 16.5. The molecule has 6 heteroatoms. The average molecular weight is 680 g/mol. The van der Waals surface area contributed by atoms with Crippen LogP contribution in [0.5, 0.6) is 11.8 Å². The predicted molar refractivity (Wildman–Crippen MR) is 209 cm³/mol. The third kappa shape index (κ3) is 4.39. The van der Waals surface area contributed by atoms with Crippen molar-refractivity contribution in [3.8, 4) is 68.2 Å². The number of imidazole rings is 1. The molecular weight excluding hydrogens is 651 g/mol. The molecule has 11 rings (SSSR count). The SMILES string of the molecule is c1ccc(-c2nc(-c3ccccc3)nc(-c3cccc(-c4ccc5c(c4)C4(c6ccccc6-c6ccccc64)n4c(nc6ccccc64)O5)c3)n2)cc1. The summed E-state index contributed by atoms with van der Waals surface area (Å²) < 4.78 is 9.00. The van der Waals surface area contributed by atoms with Gasteiger partial charge >= 0.3 is 6.01 Å². The Bertz CT molecular complexity index is 2780. The molecule has 7 aromatic carbocycles. The maximum atomic E-state index is 6.70. The molecule has 2 aromatic heterocycles. The molecule has 53 heavy (non-hydrogen) atoms. The molecule has 3 heterocycles. The van der Waals surface area contributed by atoms with Gasteiger partial charge in [0.05, 0.1) is 11.0 Å². The van der Waals surface area contributed by atoms with Gasteiger partial charge < -0.3 is 4.74 Å². The van der Waals surface area contributed by atoms with Crippen molar-refractivity contribution >= 4 is 11.0 Å². The summed E-state index contributed by atoms with van der Waals surface area (Å²) in [5.74, 6) is 2.67. The number of rotatable bonds is 4. The van der Waals surface area contributed by atoms with Gasteiger partial charge in [-0.05, 0) is 63.7 Å². The van der Waals surface area contributed by atoms with Gasteiger partial charge in [-0.25, -0.2) is 15.0 Å². The second-order valence-electron chi connectivity index (χ2n) is 13.5. The van der Waals surface area contributed by atoms with E-state index in [0.29, 0.717) is 23.5 Å². The molecule has 1 aliphatic carbocycles. The van der Waals surface area contributed by atoms with E-state index in [4.69, 9.17) is 24.7 Å². The lowest BCUT2D eigenvalue weighted by molar-refractivity contribution is 0.340. The highest BCUT2D eigenvalue weighted by Gasteiger charge is 2.52. The average Bonchev–Trinajstić information content (AvgIpc) is 3.75. The Morgan fingerprint density at radius 1 is 0.396 bits per heavy atom. The van der Waals surface area contributed by atoms with E-state index in [1.165, 1.54) is 22.3 Å². The summed E-state index contributed by atoms with van der Waals surface area (Å²) >= 11 is 0. The Labute approximate surface area is 305 Å². The Morgan fingerprint density at radius 3 is 1.60 bits per heavy atom. The molecule has 1 spiro atoms. The standard InChI is InChI=1S/C47H29N5O/c1-3-14-30(15-4-1)43-49-44(31-16-5-2-6-17-31)51-45(50-43)34-19-13-18-32(28-34)33-26-27-42-39(29-33)47(52-41-25-12-11-24-40(41)48-46(52)53-42)37-22-9-7-20-35(37)36-21-8-10-23-38(36)47/h1-29H. The van der Waals surface area contributed by atoms with Crippen LogP contribution in [-0.2, 0) is 5.54 Å². The molecule has 0 N–H and O–H groups in total. The highest BCUT2D eigenvalue weighted by molar-refractivity contribution is 5.89. The van der Waals surface area contributed by atoms with Gasteiger partial charge in [0.2, 0.25) is 0 Å². The summed E-state index contributed by atoms with van der Waals surface area (Å²) in [5, 5.41) is 0. The smallest absolute Gasteiger partial charge is 0.304 e. The first-order chi connectivity index (χ1) is 26.3. The van der Waals surface area contributed by atoms with Crippen LogP contribution < -0.4 is 4.74 Å². The number of benzene rings is 7. The molecule has 248 valence electrons. The minimum Gasteiger partial charge on any atom is -0.425 e. The minimum atomic E-state index is -0.705. The summed E-state index contributed by atoms with van der Waals surface area (Å²) in [7, 11) is 0. The number of hydrogen-bond acceptors (Lipinski definition) is 5. The molecule has 6 nitrogen and oxygen atoms in total. The first kappa shape index (κ1) is 29.5. The lowest BCUT2D eigenvalue weighted by Crippen LogP contribution is -2.38. The van der Waals surface area contributed by atoms with E-state index in [0.717, 1.165) is 50.2 Å². The summed E-state index contributed by atoms with van der Waals surface area (Å²) in [4.78, 5) is 19.9. The van der Waals surface area contributed by atoms with Crippen molar-refractivity contribution < 1.29 is 4.74 Å². The zero-order valence-electron chi connectivity index (χ0n) is 28.4. The monoisotopic (exact) mass is 679 g/mol. The van der Waals surface area contributed by atoms with Gasteiger partial charge in [-0.15, -0.1) is 0 Å². The van der Waals surface area contributed by atoms with E-state index < -0.39 is 5.54 Å². The molecule has 0 saturated heterocycles. The highest BCUT2D eigenvalue weighted by Crippen LogP contribution is 2.60. The Balaban J connectivity index is 1.12. The van der Waals surface area contributed by atoms with Gasteiger partial charge in [-0.2, -0.15) is 4.98 Å². The van der Waals surface area contributed by atoms with Crippen molar-refractivity contribution in [2.24, 2.45) is 0 Å². The Hall–Kier alpha value is -7.18. The molecule has 0 bridgehead atoms. The summed E-state index contributed by atoms with van der Waals surface area (Å²) in [5.41, 5.74) is 12.0. The van der Waals surface area contributed by atoms with Crippen LogP contribution in [0, 0.1) is 0 Å². The van der Waals surface area contributed by atoms with Crippen molar-refractivity contribution in [1.82, 2.24) is 24.5 Å². The summed E-state index contributed by atoms with van der Waals surface area (Å²) in [6, 6.07) is 61.5. The van der Waals surface area contributed by atoms with Gasteiger partial charge in [0.25, 0.3) is 0 Å². The number of aromatic nitrogens is 5. The van der Waals surface area contributed by atoms with Crippen LogP contribution in [-0.4, -0.2) is 24.5 Å². The van der Waals surface area contributed by atoms with Gasteiger partial charge in [-0.1, -0.05) is 146 Å².